The van der Waals surface area contributed by atoms with Gasteiger partial charge in [0, 0.05) is 37.8 Å². The van der Waals surface area contributed by atoms with Crippen LogP contribution in [0.25, 0.3) is 22.2 Å². The number of aryl methyl sites for hydroxylation is 2. The molecule has 2 aromatic heterocycles. The molecule has 0 saturated heterocycles. The fourth-order valence-corrected chi connectivity index (χ4v) is 2.76. The lowest BCUT2D eigenvalue weighted by Crippen LogP contribution is -2.02. The van der Waals surface area contributed by atoms with Gasteiger partial charge in [0.15, 0.2) is 22.9 Å². The lowest BCUT2D eigenvalue weighted by molar-refractivity contribution is -0.119. The molecule has 4 rings (SSSR count). The molecule has 2 N–H and O–H groups in total. The molecule has 0 saturated carbocycles. The van der Waals surface area contributed by atoms with Gasteiger partial charge in [-0.1, -0.05) is 0 Å². The maximum Gasteiger partial charge on any atom is 0.195 e. The number of benzene rings is 2. The van der Waals surface area contributed by atoms with E-state index < -0.39 is 0 Å². The van der Waals surface area contributed by atoms with Crippen molar-refractivity contribution in [2.45, 2.75) is 25.7 Å². The minimum Gasteiger partial charge on any atom is -0.508 e. The lowest BCUT2D eigenvalue weighted by Gasteiger charge is -1.96. The Bertz CT molecular complexity index is 1010. The minimum absolute atomic E-state index is 0.0557. The number of hydrogen-bond acceptors (Lipinski definition) is 7. The van der Waals surface area contributed by atoms with Gasteiger partial charge in [-0.05, 0) is 24.3 Å². The summed E-state index contributed by atoms with van der Waals surface area (Å²) >= 11 is 0. The molecule has 0 aliphatic carbocycles. The molecule has 0 amide bonds. The van der Waals surface area contributed by atoms with Gasteiger partial charge in [-0.25, -0.2) is 9.97 Å². The molecule has 0 fully saturated rings. The summed E-state index contributed by atoms with van der Waals surface area (Å²) in [6.45, 7) is 0. The number of carbonyl (C=O) groups is 1. The normalized spacial score (nSPS) is 11.4. The van der Waals surface area contributed by atoms with Crippen LogP contribution in [0.4, 0.5) is 0 Å². The molecule has 26 heavy (non-hydrogen) atoms. The number of carbonyl (C=O) groups excluding carboxylic acids is 1. The van der Waals surface area contributed by atoms with Crippen LogP contribution in [0.5, 0.6) is 11.5 Å². The molecule has 2 heterocycles. The Hall–Kier alpha value is -3.35. The average Bonchev–Trinajstić information content (AvgIpc) is 3.20. The zero-order chi connectivity index (χ0) is 18.1. The van der Waals surface area contributed by atoms with Crippen molar-refractivity contribution in [1.82, 2.24) is 9.97 Å². The molecule has 0 aliphatic rings. The molecule has 4 aromatic rings. The van der Waals surface area contributed by atoms with E-state index >= 15 is 0 Å². The lowest BCUT2D eigenvalue weighted by atomic mass is 10.1. The highest BCUT2D eigenvalue weighted by atomic mass is 16.4. The molecule has 0 radical (unpaired) electrons. The summed E-state index contributed by atoms with van der Waals surface area (Å²) in [5, 5.41) is 18.9. The van der Waals surface area contributed by atoms with E-state index in [1.54, 1.807) is 12.1 Å². The van der Waals surface area contributed by atoms with Crippen LogP contribution >= 0.6 is 0 Å². The highest BCUT2D eigenvalue weighted by Crippen LogP contribution is 2.22. The van der Waals surface area contributed by atoms with E-state index in [-0.39, 0.29) is 17.3 Å². The summed E-state index contributed by atoms with van der Waals surface area (Å²) in [5.41, 5.74) is 2.31. The van der Waals surface area contributed by atoms with Gasteiger partial charge in [-0.15, -0.1) is 0 Å². The SMILES string of the molecule is O=C(CCc1nc2cc(O)ccc2o1)CCc1nc2cc(O)ccc2o1. The number of aromatic hydroxyl groups is 2. The van der Waals surface area contributed by atoms with Crippen molar-refractivity contribution in [1.29, 1.82) is 0 Å². The van der Waals surface area contributed by atoms with E-state index in [0.29, 0.717) is 59.7 Å². The summed E-state index contributed by atoms with van der Waals surface area (Å²) in [5.74, 6) is 1.24. The maximum atomic E-state index is 12.1. The fraction of sp³-hybridized carbons (Fsp3) is 0.211. The zero-order valence-electron chi connectivity index (χ0n) is 13.8. The van der Waals surface area contributed by atoms with Crippen LogP contribution < -0.4 is 0 Å². The molecule has 0 spiro atoms. The van der Waals surface area contributed by atoms with Gasteiger partial charge in [0.1, 0.15) is 28.3 Å². The second-order valence-corrected chi connectivity index (χ2v) is 6.06. The molecule has 0 aliphatic heterocycles. The second kappa shape index (κ2) is 6.51. The zero-order valence-corrected chi connectivity index (χ0v) is 13.8. The number of phenolic OH excluding ortho intramolecular Hbond substituents is 2. The van der Waals surface area contributed by atoms with Crippen molar-refractivity contribution < 1.29 is 23.8 Å². The topological polar surface area (TPSA) is 110 Å². The number of oxazole rings is 2. The molecular weight excluding hydrogens is 336 g/mol. The van der Waals surface area contributed by atoms with E-state index in [1.165, 1.54) is 24.3 Å². The predicted octanol–water partition coefficient (Wildman–Crippen LogP) is 3.51. The van der Waals surface area contributed by atoms with Crippen LogP contribution in [0.15, 0.2) is 45.2 Å². The second-order valence-electron chi connectivity index (χ2n) is 6.06. The van der Waals surface area contributed by atoms with Gasteiger partial charge >= 0.3 is 0 Å². The van der Waals surface area contributed by atoms with Crippen molar-refractivity contribution in [2.75, 3.05) is 0 Å². The Labute approximate surface area is 147 Å². The van der Waals surface area contributed by atoms with Gasteiger partial charge in [0.05, 0.1) is 0 Å². The van der Waals surface area contributed by atoms with Crippen LogP contribution in [0.2, 0.25) is 0 Å². The van der Waals surface area contributed by atoms with Crippen LogP contribution in [-0.2, 0) is 17.6 Å². The first-order valence-corrected chi connectivity index (χ1v) is 8.25. The first-order valence-electron chi connectivity index (χ1n) is 8.25. The monoisotopic (exact) mass is 352 g/mol. The van der Waals surface area contributed by atoms with E-state index in [2.05, 4.69) is 9.97 Å². The third kappa shape index (κ3) is 3.37. The molecule has 132 valence electrons. The number of phenols is 2. The van der Waals surface area contributed by atoms with Crippen LogP contribution in [0.1, 0.15) is 24.6 Å². The van der Waals surface area contributed by atoms with Crippen molar-refractivity contribution in [2.24, 2.45) is 0 Å². The molecule has 0 unspecified atom stereocenters. The third-order valence-electron chi connectivity index (χ3n) is 4.07. The van der Waals surface area contributed by atoms with Crippen molar-refractivity contribution in [3.63, 3.8) is 0 Å². The number of aromatic nitrogens is 2. The van der Waals surface area contributed by atoms with Gasteiger partial charge < -0.3 is 19.0 Å². The largest absolute Gasteiger partial charge is 0.508 e. The molecular formula is C19H16N2O5. The number of ketones is 1. The summed E-state index contributed by atoms with van der Waals surface area (Å²) in [6.07, 6.45) is 1.41. The Kier molecular flexibility index (Phi) is 4.04. The Morgan fingerprint density at radius 1 is 0.808 bits per heavy atom. The highest BCUT2D eigenvalue weighted by Gasteiger charge is 2.12. The molecule has 7 nitrogen and oxygen atoms in total. The quantitative estimate of drug-likeness (QED) is 0.546. The van der Waals surface area contributed by atoms with Crippen LogP contribution in [-0.4, -0.2) is 26.0 Å². The van der Waals surface area contributed by atoms with Crippen LogP contribution in [0, 0.1) is 0 Å². The molecule has 2 aromatic carbocycles. The predicted molar refractivity (Wildman–Crippen MR) is 93.0 cm³/mol. The summed E-state index contributed by atoms with van der Waals surface area (Å²) < 4.78 is 11.1. The van der Waals surface area contributed by atoms with E-state index in [0.717, 1.165) is 0 Å². The summed E-state index contributed by atoms with van der Waals surface area (Å²) in [4.78, 5) is 20.6. The van der Waals surface area contributed by atoms with Crippen LogP contribution in [0.3, 0.4) is 0 Å². The van der Waals surface area contributed by atoms with E-state index in [4.69, 9.17) is 8.83 Å². The number of Topliss-reactive ketones (excluding diaryl/α,β-unsaturated/α-hetero) is 1. The van der Waals surface area contributed by atoms with E-state index in [1.807, 2.05) is 0 Å². The van der Waals surface area contributed by atoms with Gasteiger partial charge in [-0.3, -0.25) is 4.79 Å². The smallest absolute Gasteiger partial charge is 0.195 e. The van der Waals surface area contributed by atoms with Crippen molar-refractivity contribution >= 4 is 28.0 Å². The van der Waals surface area contributed by atoms with Crippen molar-refractivity contribution in [3.8, 4) is 11.5 Å². The van der Waals surface area contributed by atoms with E-state index in [9.17, 15) is 15.0 Å². The first-order chi connectivity index (χ1) is 12.6. The number of rotatable bonds is 6. The first kappa shape index (κ1) is 16.1. The fourth-order valence-electron chi connectivity index (χ4n) is 2.76. The molecule has 7 heteroatoms. The Balaban J connectivity index is 1.34. The van der Waals surface area contributed by atoms with Crippen molar-refractivity contribution in [3.05, 3.63) is 48.2 Å². The number of fused-ring (bicyclic) bond motifs is 2. The average molecular weight is 352 g/mol. The highest BCUT2D eigenvalue weighted by molar-refractivity contribution is 5.79. The van der Waals surface area contributed by atoms with Gasteiger partial charge in [0.2, 0.25) is 0 Å². The number of nitrogens with zero attached hydrogens (tertiary/aromatic N) is 2. The Morgan fingerprint density at radius 2 is 1.27 bits per heavy atom. The van der Waals surface area contributed by atoms with Gasteiger partial charge in [0.25, 0.3) is 0 Å². The molecule has 0 atom stereocenters. The standard InChI is InChI=1S/C19H16N2O5/c22-11(3-7-18-20-14-9-12(23)1-5-16(14)25-18)4-8-19-21-15-10-13(24)2-6-17(15)26-19/h1-2,5-6,9-10,23-24H,3-4,7-8H2. The third-order valence-corrected chi connectivity index (χ3v) is 4.07. The minimum atomic E-state index is 0.0557. The summed E-state index contributed by atoms with van der Waals surface area (Å²) in [6, 6.07) is 9.40. The Morgan fingerprint density at radius 3 is 1.73 bits per heavy atom. The maximum absolute atomic E-state index is 12.1. The molecule has 0 bridgehead atoms. The number of hydrogen-bond donors (Lipinski definition) is 2. The summed E-state index contributed by atoms with van der Waals surface area (Å²) in [7, 11) is 0. The van der Waals surface area contributed by atoms with Gasteiger partial charge in [-0.2, -0.15) is 0 Å².